The molecule has 0 aromatic heterocycles. The molecule has 2 radical (unpaired) electrons. The predicted molar refractivity (Wildman–Crippen MR) is 42.8 cm³/mol. The maximum absolute atomic E-state index is 10.8. The molecule has 2 atom stereocenters. The topological polar surface area (TPSA) is 162 Å². The Morgan fingerprint density at radius 1 is 1.00 bits per heavy atom. The molecule has 0 aliphatic carbocycles. The van der Waals surface area contributed by atoms with Crippen molar-refractivity contribution in [2.24, 2.45) is 11.8 Å². The summed E-state index contributed by atoms with van der Waals surface area (Å²) in [5, 5.41) is 0. The molecule has 0 aromatic rings. The van der Waals surface area contributed by atoms with E-state index in [1.54, 1.807) is 0 Å². The van der Waals surface area contributed by atoms with Crippen LogP contribution in [0.25, 0.3) is 0 Å². The van der Waals surface area contributed by atoms with E-state index in [-0.39, 0.29) is 0 Å². The Bertz CT molecular complexity index is 275. The zero-order valence-electron chi connectivity index (χ0n) is 6.74. The average molecular weight is 248 g/mol. The Morgan fingerprint density at radius 2 is 1.29 bits per heavy atom. The van der Waals surface area contributed by atoms with Gasteiger partial charge in [-0.3, -0.25) is 4.79 Å². The van der Waals surface area contributed by atoms with E-state index in [4.69, 9.17) is 0 Å². The van der Waals surface area contributed by atoms with Crippen LogP contribution in [-0.2, 0) is 51.9 Å². The third-order valence-electron chi connectivity index (χ3n) is 0.969. The zero-order valence-corrected chi connectivity index (χ0v) is 8.38. The first kappa shape index (κ1) is 13.7. The van der Waals surface area contributed by atoms with Gasteiger partial charge in [0, 0.05) is 0 Å². The van der Waals surface area contributed by atoms with Crippen molar-refractivity contribution in [2.75, 3.05) is 11.5 Å². The van der Waals surface area contributed by atoms with E-state index in [9.17, 15) is 22.3 Å². The Hall–Kier alpha value is -0.270. The van der Waals surface area contributed by atoms with E-state index in [0.29, 0.717) is 0 Å². The summed E-state index contributed by atoms with van der Waals surface area (Å²) in [5.41, 5.74) is 0. The van der Waals surface area contributed by atoms with E-state index in [2.05, 4.69) is 20.4 Å². The molecule has 0 bridgehead atoms. The van der Waals surface area contributed by atoms with Crippen LogP contribution >= 0.6 is 0 Å². The van der Waals surface area contributed by atoms with Gasteiger partial charge in [-0.05, 0) is 17.0 Å². The second kappa shape index (κ2) is 4.99. The molecule has 0 fully saturated rings. The van der Waals surface area contributed by atoms with Crippen LogP contribution in [-0.4, -0.2) is 17.3 Å². The molecule has 0 spiro atoms. The van der Waals surface area contributed by atoms with Crippen molar-refractivity contribution in [1.29, 1.82) is 0 Å². The van der Waals surface area contributed by atoms with Gasteiger partial charge in [0.1, 0.15) is 0 Å². The standard InChI is InChI=1S/C3H8N2O7S2/c4-11-13(7,8)1-3(6)2-14(9,10)12-5/h1-2,4-5H2/q+2. The van der Waals surface area contributed by atoms with Crippen LogP contribution < -0.4 is 11.8 Å². The van der Waals surface area contributed by atoms with Crippen LogP contribution in [0.5, 0.6) is 0 Å². The lowest BCUT2D eigenvalue weighted by Crippen LogP contribution is -2.33. The Morgan fingerprint density at radius 3 is 1.50 bits per heavy atom. The summed E-state index contributed by atoms with van der Waals surface area (Å²) in [6.45, 7) is 0. The molecule has 0 aromatic carbocycles. The average Bonchev–Trinajstić information content (AvgIpc) is 2.02. The van der Waals surface area contributed by atoms with Gasteiger partial charge >= 0.3 is 21.0 Å². The molecule has 0 heterocycles. The Kier molecular flexibility index (Phi) is 4.90. The lowest BCUT2D eigenvalue weighted by atomic mass is 10.5. The third kappa shape index (κ3) is 5.46. The number of hydrogen-bond donors (Lipinski definition) is 2. The molecular weight excluding hydrogens is 240 g/mol. The maximum atomic E-state index is 10.8. The number of rotatable bonds is 6. The molecule has 0 aliphatic heterocycles. The highest BCUT2D eigenvalue weighted by molar-refractivity contribution is 7.95. The van der Waals surface area contributed by atoms with Gasteiger partial charge in [0.05, 0.1) is 9.11 Å². The van der Waals surface area contributed by atoms with Gasteiger partial charge in [-0.2, -0.15) is 11.8 Å². The Balaban J connectivity index is 4.26. The second-order valence-electron chi connectivity index (χ2n) is 2.14. The smallest absolute Gasteiger partial charge is 0.289 e. The normalized spacial score (nSPS) is 19.7. The van der Waals surface area contributed by atoms with E-state index in [0.717, 1.165) is 0 Å². The predicted octanol–water partition coefficient (Wildman–Crippen LogP) is -2.14. The molecular formula is C3H8N2O7S2+2. The fourth-order valence-corrected chi connectivity index (χ4v) is 1.76. The minimum atomic E-state index is -4.23. The molecule has 0 saturated carbocycles. The number of carbonyl (C=O) groups is 1. The monoisotopic (exact) mass is 248 g/mol. The number of Topliss-reactive ketones (excluding diaryl/α,β-unsaturated/α-hetero) is 1. The maximum Gasteiger partial charge on any atom is 0.420 e. The van der Waals surface area contributed by atoms with Gasteiger partial charge in [0.25, 0.3) is 0 Å². The first-order chi connectivity index (χ1) is 6.22. The largest absolute Gasteiger partial charge is 0.420 e. The third-order valence-corrected chi connectivity index (χ3v) is 2.91. The number of ketones is 1. The van der Waals surface area contributed by atoms with E-state index < -0.39 is 38.3 Å². The molecule has 9 nitrogen and oxygen atoms in total. The minimum absolute atomic E-state index is 1.16. The second-order valence-corrected chi connectivity index (χ2v) is 5.33. The first-order valence-electron chi connectivity index (χ1n) is 2.96. The van der Waals surface area contributed by atoms with Gasteiger partial charge in [0.15, 0.2) is 0 Å². The summed E-state index contributed by atoms with van der Waals surface area (Å²) >= 11 is 0. The van der Waals surface area contributed by atoms with Gasteiger partial charge in [0.2, 0.25) is 17.3 Å². The van der Waals surface area contributed by atoms with Crippen molar-refractivity contribution in [3.8, 4) is 0 Å². The number of carbonyl (C=O) groups excluding carboxylic acids is 1. The van der Waals surface area contributed by atoms with Crippen LogP contribution in [0.3, 0.4) is 0 Å². The zero-order chi connectivity index (χ0) is 11.4. The lowest BCUT2D eigenvalue weighted by molar-refractivity contribution is -0.114. The van der Waals surface area contributed by atoms with Crippen molar-refractivity contribution < 1.29 is 30.9 Å². The Labute approximate surface area is 81.6 Å². The highest BCUT2D eigenvalue weighted by Gasteiger charge is 2.41. The van der Waals surface area contributed by atoms with Crippen LogP contribution in [0.1, 0.15) is 0 Å². The van der Waals surface area contributed by atoms with Crippen molar-refractivity contribution in [1.82, 2.24) is 0 Å². The summed E-state index contributed by atoms with van der Waals surface area (Å²) in [6, 6.07) is 0. The molecule has 0 aliphatic rings. The van der Waals surface area contributed by atoms with Crippen LogP contribution in [0.2, 0.25) is 0 Å². The molecule has 11 heteroatoms. The molecule has 0 saturated heterocycles. The quantitative estimate of drug-likeness (QED) is 0.400. The van der Waals surface area contributed by atoms with Crippen molar-refractivity contribution in [2.45, 2.75) is 0 Å². The van der Waals surface area contributed by atoms with Gasteiger partial charge in [-0.25, -0.2) is 0 Å². The van der Waals surface area contributed by atoms with Crippen LogP contribution in [0.15, 0.2) is 0 Å². The van der Waals surface area contributed by atoms with E-state index in [1.165, 1.54) is 0 Å². The van der Waals surface area contributed by atoms with Crippen molar-refractivity contribution in [3.05, 3.63) is 0 Å². The summed E-state index contributed by atoms with van der Waals surface area (Å²) in [4.78, 5) is 10.8. The van der Waals surface area contributed by atoms with Crippen LogP contribution in [0, 0.1) is 0 Å². The highest BCUT2D eigenvalue weighted by Crippen LogP contribution is 2.04. The van der Waals surface area contributed by atoms with E-state index in [1.807, 2.05) is 0 Å². The van der Waals surface area contributed by atoms with Crippen LogP contribution in [0.4, 0.5) is 0 Å². The first-order valence-corrected chi connectivity index (χ1v) is 6.11. The van der Waals surface area contributed by atoms with Crippen molar-refractivity contribution in [3.63, 3.8) is 0 Å². The fourth-order valence-electron chi connectivity index (χ4n) is 0.504. The fraction of sp³-hybridized carbons (Fsp3) is 0.667. The van der Waals surface area contributed by atoms with Crippen molar-refractivity contribution >= 4 is 26.8 Å². The SMILES string of the molecule is NO[S+]([O])(=O)CC(=O)C[S+]([O])(=O)ON. The summed E-state index contributed by atoms with van der Waals surface area (Å²) in [6.07, 6.45) is 0. The molecule has 0 amide bonds. The highest BCUT2D eigenvalue weighted by atomic mass is 32.3. The lowest BCUT2D eigenvalue weighted by Gasteiger charge is -1.95. The minimum Gasteiger partial charge on any atom is -0.289 e. The summed E-state index contributed by atoms with van der Waals surface area (Å²) in [7, 11) is -8.46. The molecule has 82 valence electrons. The molecule has 4 N–H and O–H groups in total. The molecule has 2 unspecified atom stereocenters. The van der Waals surface area contributed by atoms with Gasteiger partial charge < -0.3 is 0 Å². The summed E-state index contributed by atoms with van der Waals surface area (Å²) < 4.78 is 49.1. The summed E-state index contributed by atoms with van der Waals surface area (Å²) in [5.74, 6) is 5.12. The number of hydrogen-bond acceptors (Lipinski definition) is 7. The van der Waals surface area contributed by atoms with Gasteiger partial charge in [-0.1, -0.05) is 0 Å². The van der Waals surface area contributed by atoms with Gasteiger partial charge in [-0.15, -0.1) is 0 Å². The number of nitrogens with two attached hydrogens (primary N) is 2. The molecule has 14 heavy (non-hydrogen) atoms. The van der Waals surface area contributed by atoms with E-state index >= 15 is 0 Å². The molecule has 0 rings (SSSR count).